The minimum Gasteiger partial charge on any atom is -0.461 e. The first kappa shape index (κ1) is 23.6. The molecule has 0 saturated heterocycles. The highest BCUT2D eigenvalue weighted by atomic mass is 19.4. The topological polar surface area (TPSA) is 66.2 Å². The van der Waals surface area contributed by atoms with Crippen LogP contribution in [-0.4, -0.2) is 39.9 Å². The molecule has 2 aromatic rings. The zero-order valence-electron chi connectivity index (χ0n) is 16.9. The predicted octanol–water partition coefficient (Wildman–Crippen LogP) is 4.66. The fraction of sp³-hybridized carbons (Fsp3) is 0.526. The summed E-state index contributed by atoms with van der Waals surface area (Å²) in [5.41, 5.74) is 0.363. The lowest BCUT2D eigenvalue weighted by atomic mass is 10.0. The molecule has 2 aromatic heterocycles. The molecule has 2 heterocycles. The molecule has 2 rings (SSSR count). The molecule has 0 N–H and O–H groups in total. The van der Waals surface area contributed by atoms with Crippen LogP contribution in [0.25, 0.3) is 5.82 Å². The van der Waals surface area contributed by atoms with Gasteiger partial charge in [-0.3, -0.25) is 4.57 Å². The van der Waals surface area contributed by atoms with Crippen molar-refractivity contribution >= 4 is 5.97 Å². The molecular weight excluding hydrogens is 413 g/mol. The quantitative estimate of drug-likeness (QED) is 0.446. The molecule has 0 unspecified atom stereocenters. The van der Waals surface area contributed by atoms with Gasteiger partial charge in [-0.25, -0.2) is 14.8 Å². The number of carbonyl (C=O) groups is 1. The van der Waals surface area contributed by atoms with E-state index < -0.39 is 36.8 Å². The Labute approximate surface area is 170 Å². The lowest BCUT2D eigenvalue weighted by Gasteiger charge is -2.18. The second-order valence-corrected chi connectivity index (χ2v) is 6.56. The fourth-order valence-corrected chi connectivity index (χ4v) is 2.88. The van der Waals surface area contributed by atoms with Crippen LogP contribution in [0.1, 0.15) is 48.3 Å². The lowest BCUT2D eigenvalue weighted by molar-refractivity contribution is -0.169. The van der Waals surface area contributed by atoms with Crippen LogP contribution in [-0.2, 0) is 17.6 Å². The number of carbonyl (C=O) groups excluding carboxylic acids is 1. The lowest BCUT2D eigenvalue weighted by Crippen LogP contribution is -2.22. The molecular formula is C19H22F5N3O3. The Kier molecular flexibility index (Phi) is 7.38. The van der Waals surface area contributed by atoms with E-state index in [1.165, 1.54) is 17.7 Å². The number of ether oxygens (including phenoxy) is 2. The Hall–Kier alpha value is -2.72. The first-order valence-electron chi connectivity index (χ1n) is 9.25. The number of halogens is 5. The Balaban J connectivity index is 2.56. The van der Waals surface area contributed by atoms with Crippen LogP contribution in [0.4, 0.5) is 22.0 Å². The molecule has 0 aromatic carbocycles. The van der Waals surface area contributed by atoms with E-state index >= 15 is 0 Å². The summed E-state index contributed by atoms with van der Waals surface area (Å²) in [5.74, 6) is -2.56. The first-order valence-corrected chi connectivity index (χ1v) is 9.25. The van der Waals surface area contributed by atoms with Gasteiger partial charge in [0.2, 0.25) is 0 Å². The van der Waals surface area contributed by atoms with Gasteiger partial charge in [0.05, 0.1) is 18.2 Å². The smallest absolute Gasteiger partial charge is 0.391 e. The maximum atomic E-state index is 13.0. The number of esters is 1. The van der Waals surface area contributed by atoms with Crippen molar-refractivity contribution in [3.63, 3.8) is 0 Å². The molecule has 0 bridgehead atoms. The molecule has 1 atom stereocenters. The molecule has 6 nitrogen and oxygen atoms in total. The van der Waals surface area contributed by atoms with Gasteiger partial charge in [0, 0.05) is 12.6 Å². The summed E-state index contributed by atoms with van der Waals surface area (Å²) in [6, 6.07) is 1.10. The van der Waals surface area contributed by atoms with E-state index in [0.717, 1.165) is 13.0 Å². The molecule has 0 fully saturated rings. The average Bonchev–Trinajstić information content (AvgIpc) is 2.97. The number of hydrogen-bond acceptors (Lipinski definition) is 5. The third-order valence-corrected chi connectivity index (χ3v) is 4.38. The molecule has 11 heteroatoms. The third-order valence-electron chi connectivity index (χ3n) is 4.38. The number of aromatic nitrogens is 3. The Bertz CT molecular complexity index is 896. The van der Waals surface area contributed by atoms with E-state index in [-0.39, 0.29) is 29.4 Å². The summed E-state index contributed by atoms with van der Waals surface area (Å²) in [4.78, 5) is 20.4. The Morgan fingerprint density at radius 2 is 1.93 bits per heavy atom. The highest BCUT2D eigenvalue weighted by molar-refractivity contribution is 5.88. The molecule has 0 spiro atoms. The molecule has 30 heavy (non-hydrogen) atoms. The van der Waals surface area contributed by atoms with Gasteiger partial charge in [-0.2, -0.15) is 22.0 Å². The average molecular weight is 435 g/mol. The maximum Gasteiger partial charge on any atom is 0.391 e. The maximum absolute atomic E-state index is 13.0. The van der Waals surface area contributed by atoms with E-state index in [0.29, 0.717) is 12.2 Å². The first-order chi connectivity index (χ1) is 14.0. The summed E-state index contributed by atoms with van der Waals surface area (Å²) in [6.07, 6.45) is -3.40. The number of aryl methyl sites for hydroxylation is 1. The second kappa shape index (κ2) is 9.40. The number of alkyl halides is 5. The van der Waals surface area contributed by atoms with Gasteiger partial charge >= 0.3 is 18.8 Å². The molecule has 0 aliphatic rings. The monoisotopic (exact) mass is 435 g/mol. The van der Waals surface area contributed by atoms with E-state index in [1.807, 2.05) is 0 Å². The molecule has 166 valence electrons. The Morgan fingerprint density at radius 3 is 2.47 bits per heavy atom. The summed E-state index contributed by atoms with van der Waals surface area (Å²) >= 11 is 0. The van der Waals surface area contributed by atoms with Crippen LogP contribution in [0.3, 0.4) is 0 Å². The second-order valence-electron chi connectivity index (χ2n) is 6.56. The summed E-state index contributed by atoms with van der Waals surface area (Å²) in [7, 11) is 0. The van der Waals surface area contributed by atoms with Crippen LogP contribution in [0.15, 0.2) is 12.3 Å². The number of nitrogens with zero attached hydrogens (tertiary/aromatic N) is 3. The van der Waals surface area contributed by atoms with Gasteiger partial charge in [-0.15, -0.1) is 0 Å². The zero-order valence-corrected chi connectivity index (χ0v) is 16.9. The predicted molar refractivity (Wildman–Crippen MR) is 97.0 cm³/mol. The molecule has 0 aliphatic carbocycles. The van der Waals surface area contributed by atoms with Crippen molar-refractivity contribution in [2.45, 2.75) is 53.3 Å². The molecule has 0 amide bonds. The number of hydrogen-bond donors (Lipinski definition) is 0. The van der Waals surface area contributed by atoms with Crippen molar-refractivity contribution in [3.8, 4) is 11.6 Å². The molecule has 0 aliphatic heterocycles. The van der Waals surface area contributed by atoms with E-state index in [1.54, 1.807) is 13.8 Å². The van der Waals surface area contributed by atoms with Gasteiger partial charge in [-0.1, -0.05) is 13.8 Å². The fourth-order valence-electron chi connectivity index (χ4n) is 2.88. The van der Waals surface area contributed by atoms with E-state index in [9.17, 15) is 26.7 Å². The van der Waals surface area contributed by atoms with Gasteiger partial charge in [0.25, 0.3) is 0 Å². The van der Waals surface area contributed by atoms with E-state index in [2.05, 4.69) is 14.7 Å². The van der Waals surface area contributed by atoms with Crippen molar-refractivity contribution in [1.82, 2.24) is 14.5 Å². The highest BCUT2D eigenvalue weighted by Gasteiger charge is 2.36. The number of imidazole rings is 1. The van der Waals surface area contributed by atoms with Gasteiger partial charge in [0.1, 0.15) is 5.82 Å². The van der Waals surface area contributed by atoms with Crippen molar-refractivity contribution in [3.05, 3.63) is 35.0 Å². The van der Waals surface area contributed by atoms with Gasteiger partial charge in [-0.05, 0) is 31.9 Å². The van der Waals surface area contributed by atoms with Crippen molar-refractivity contribution < 1.29 is 36.2 Å². The van der Waals surface area contributed by atoms with Crippen molar-refractivity contribution in [2.24, 2.45) is 5.92 Å². The molecule has 0 radical (unpaired) electrons. The van der Waals surface area contributed by atoms with Crippen LogP contribution in [0, 0.1) is 12.8 Å². The minimum absolute atomic E-state index is 0.00623. The number of pyridine rings is 1. The highest BCUT2D eigenvalue weighted by Crippen LogP contribution is 2.32. The van der Waals surface area contributed by atoms with Crippen LogP contribution in [0.5, 0.6) is 5.75 Å². The van der Waals surface area contributed by atoms with Gasteiger partial charge < -0.3 is 9.47 Å². The van der Waals surface area contributed by atoms with Crippen molar-refractivity contribution in [2.75, 3.05) is 6.61 Å². The summed E-state index contributed by atoms with van der Waals surface area (Å²) in [6.45, 7) is 2.78. The SMILES string of the molecule is CCOC(=O)c1nc(CC)n(-c2ncc(C[C@@H](C)C(F)(F)F)cc2OC(F)F)c1C. The van der Waals surface area contributed by atoms with E-state index in [4.69, 9.17) is 4.74 Å². The van der Waals surface area contributed by atoms with Gasteiger partial charge in [0.15, 0.2) is 17.3 Å². The number of rotatable bonds is 8. The third kappa shape index (κ3) is 5.25. The summed E-state index contributed by atoms with van der Waals surface area (Å²) < 4.78 is 75.4. The van der Waals surface area contributed by atoms with Crippen LogP contribution < -0.4 is 4.74 Å². The Morgan fingerprint density at radius 1 is 1.27 bits per heavy atom. The van der Waals surface area contributed by atoms with Crippen LogP contribution >= 0.6 is 0 Å². The summed E-state index contributed by atoms with van der Waals surface area (Å²) in [5, 5.41) is 0. The zero-order chi connectivity index (χ0) is 22.6. The largest absolute Gasteiger partial charge is 0.461 e. The standard InChI is InChI=1S/C19H22F5N3O3/c1-5-14-26-15(17(28)29-6-2)11(4)27(14)16-13(30-18(20)21)8-12(9-25-16)7-10(3)19(22,23)24/h8-10,18H,5-7H2,1-4H3/t10-/m1/s1. The molecule has 0 saturated carbocycles. The van der Waals surface area contributed by atoms with Crippen molar-refractivity contribution in [1.29, 1.82) is 0 Å². The van der Waals surface area contributed by atoms with Crippen LogP contribution in [0.2, 0.25) is 0 Å². The normalized spacial score (nSPS) is 12.9. The minimum atomic E-state index is -4.44.